The van der Waals surface area contributed by atoms with Crippen molar-refractivity contribution in [1.29, 1.82) is 0 Å². The summed E-state index contributed by atoms with van der Waals surface area (Å²) in [6.45, 7) is 2.50. The summed E-state index contributed by atoms with van der Waals surface area (Å²) in [4.78, 5) is 0.966. The molecule has 0 bridgehead atoms. The molecule has 10 heteroatoms. The largest absolute Gasteiger partial charge is 0.263 e. The van der Waals surface area contributed by atoms with Crippen LogP contribution in [0.5, 0.6) is 0 Å². The van der Waals surface area contributed by atoms with Gasteiger partial charge in [-0.2, -0.15) is 4.31 Å². The zero-order chi connectivity index (χ0) is 14.9. The number of halogens is 2. The first-order valence-electron chi connectivity index (χ1n) is 5.65. The maximum Gasteiger partial charge on any atom is 0.263 e. The van der Waals surface area contributed by atoms with Crippen molar-refractivity contribution >= 4 is 53.2 Å². The van der Waals surface area contributed by atoms with E-state index in [2.05, 4.69) is 42.2 Å². The predicted molar refractivity (Wildman–Crippen MR) is 84.0 cm³/mol. The van der Waals surface area contributed by atoms with Crippen molar-refractivity contribution in [2.45, 2.75) is 18.5 Å². The first-order chi connectivity index (χ1) is 9.36. The average Bonchev–Trinajstić information content (AvgIpc) is 2.92. The maximum atomic E-state index is 12.7. The SMILES string of the molecule is CCN(Cc1ccc(Br)s1)S(=O)(=O)c1c(Br)nnn1C. The van der Waals surface area contributed by atoms with Crippen LogP contribution in [0.25, 0.3) is 0 Å². The van der Waals surface area contributed by atoms with Gasteiger partial charge in [-0.1, -0.05) is 12.1 Å². The first kappa shape index (κ1) is 16.1. The molecule has 0 spiro atoms. The molecule has 0 amide bonds. The monoisotopic (exact) mass is 442 g/mol. The van der Waals surface area contributed by atoms with Gasteiger partial charge in [0.1, 0.15) is 0 Å². The van der Waals surface area contributed by atoms with Gasteiger partial charge in [0.05, 0.1) is 3.79 Å². The van der Waals surface area contributed by atoms with Gasteiger partial charge in [0.15, 0.2) is 4.60 Å². The van der Waals surface area contributed by atoms with Crippen molar-refractivity contribution in [3.63, 3.8) is 0 Å². The minimum Gasteiger partial charge on any atom is -0.235 e. The Morgan fingerprint density at radius 1 is 1.40 bits per heavy atom. The van der Waals surface area contributed by atoms with Crippen LogP contribution in [0.2, 0.25) is 0 Å². The molecular weight excluding hydrogens is 432 g/mol. The van der Waals surface area contributed by atoms with E-state index in [0.717, 1.165) is 8.66 Å². The van der Waals surface area contributed by atoms with E-state index in [1.54, 1.807) is 14.0 Å². The van der Waals surface area contributed by atoms with Gasteiger partial charge in [0.25, 0.3) is 10.0 Å². The number of aromatic nitrogens is 3. The summed E-state index contributed by atoms with van der Waals surface area (Å²) in [6, 6.07) is 3.81. The molecule has 0 atom stereocenters. The summed E-state index contributed by atoms with van der Waals surface area (Å²) in [5.41, 5.74) is 0. The number of hydrogen-bond acceptors (Lipinski definition) is 5. The van der Waals surface area contributed by atoms with Gasteiger partial charge in [0.2, 0.25) is 5.03 Å². The summed E-state index contributed by atoms with van der Waals surface area (Å²) in [5, 5.41) is 7.51. The highest BCUT2D eigenvalue weighted by Gasteiger charge is 2.30. The van der Waals surface area contributed by atoms with Gasteiger partial charge in [-0.3, -0.25) is 0 Å². The molecule has 110 valence electrons. The molecule has 2 heterocycles. The molecule has 0 radical (unpaired) electrons. The van der Waals surface area contributed by atoms with Crippen molar-refractivity contribution < 1.29 is 8.42 Å². The van der Waals surface area contributed by atoms with Crippen LogP contribution < -0.4 is 0 Å². The Labute approximate surface area is 138 Å². The van der Waals surface area contributed by atoms with Gasteiger partial charge in [-0.25, -0.2) is 13.1 Å². The maximum absolute atomic E-state index is 12.7. The Morgan fingerprint density at radius 2 is 2.10 bits per heavy atom. The topological polar surface area (TPSA) is 68.1 Å². The Kier molecular flexibility index (Phi) is 5.00. The highest BCUT2D eigenvalue weighted by atomic mass is 79.9. The molecule has 0 aliphatic heterocycles. The molecule has 0 aliphatic rings. The summed E-state index contributed by atoms with van der Waals surface area (Å²) in [5.74, 6) is 0. The Bertz CT molecular complexity index is 691. The molecule has 0 fully saturated rings. The standard InChI is InChI=1S/C10H12Br2N4O2S2/c1-3-16(6-7-4-5-8(11)19-7)20(17,18)10-9(12)13-14-15(10)2/h4-5H,3,6H2,1-2H3. The van der Waals surface area contributed by atoms with Crippen molar-refractivity contribution in [2.24, 2.45) is 7.05 Å². The van der Waals surface area contributed by atoms with E-state index < -0.39 is 10.0 Å². The fraction of sp³-hybridized carbons (Fsp3) is 0.400. The molecule has 0 saturated carbocycles. The normalized spacial score (nSPS) is 12.2. The number of aryl methyl sites for hydroxylation is 1. The van der Waals surface area contributed by atoms with Gasteiger partial charge in [-0.15, -0.1) is 16.4 Å². The smallest absolute Gasteiger partial charge is 0.235 e. The number of rotatable bonds is 5. The van der Waals surface area contributed by atoms with Gasteiger partial charge >= 0.3 is 0 Å². The van der Waals surface area contributed by atoms with Crippen molar-refractivity contribution in [1.82, 2.24) is 19.3 Å². The molecule has 2 aromatic rings. The van der Waals surface area contributed by atoms with E-state index in [1.807, 2.05) is 12.1 Å². The third-order valence-corrected chi connectivity index (χ3v) is 7.05. The third-order valence-electron chi connectivity index (χ3n) is 2.64. The lowest BCUT2D eigenvalue weighted by atomic mass is 10.4. The van der Waals surface area contributed by atoms with Gasteiger partial charge in [0, 0.05) is 25.0 Å². The lowest BCUT2D eigenvalue weighted by molar-refractivity contribution is 0.419. The van der Waals surface area contributed by atoms with E-state index in [1.165, 1.54) is 20.3 Å². The Morgan fingerprint density at radius 3 is 2.55 bits per heavy atom. The van der Waals surface area contributed by atoms with Gasteiger partial charge in [-0.05, 0) is 44.0 Å². The summed E-state index contributed by atoms with van der Waals surface area (Å²) in [6.07, 6.45) is 0. The zero-order valence-corrected chi connectivity index (χ0v) is 15.6. The molecular formula is C10H12Br2N4O2S2. The second kappa shape index (κ2) is 6.22. The number of sulfonamides is 1. The van der Waals surface area contributed by atoms with E-state index in [4.69, 9.17) is 0 Å². The molecule has 0 saturated heterocycles. The zero-order valence-electron chi connectivity index (χ0n) is 10.7. The van der Waals surface area contributed by atoms with Crippen LogP contribution in [0, 0.1) is 0 Å². The van der Waals surface area contributed by atoms with E-state index in [9.17, 15) is 8.42 Å². The van der Waals surface area contributed by atoms with Crippen LogP contribution in [-0.2, 0) is 23.6 Å². The third kappa shape index (κ3) is 3.14. The fourth-order valence-corrected chi connectivity index (χ4v) is 5.74. The van der Waals surface area contributed by atoms with Crippen LogP contribution in [0.4, 0.5) is 0 Å². The highest BCUT2D eigenvalue weighted by Crippen LogP contribution is 2.27. The summed E-state index contributed by atoms with van der Waals surface area (Å²) >= 11 is 8.02. The lowest BCUT2D eigenvalue weighted by Gasteiger charge is -2.19. The van der Waals surface area contributed by atoms with Crippen LogP contribution in [0.15, 0.2) is 25.5 Å². The summed E-state index contributed by atoms with van der Waals surface area (Å²) < 4.78 is 29.2. The highest BCUT2D eigenvalue weighted by molar-refractivity contribution is 9.11. The first-order valence-corrected chi connectivity index (χ1v) is 9.50. The van der Waals surface area contributed by atoms with Crippen LogP contribution in [-0.4, -0.2) is 34.3 Å². The van der Waals surface area contributed by atoms with Crippen molar-refractivity contribution in [2.75, 3.05) is 6.54 Å². The van der Waals surface area contributed by atoms with Gasteiger partial charge < -0.3 is 0 Å². The second-order valence-corrected chi connectivity index (χ2v) is 9.10. The van der Waals surface area contributed by atoms with Crippen molar-refractivity contribution in [3.8, 4) is 0 Å². The van der Waals surface area contributed by atoms with Crippen LogP contribution >= 0.6 is 43.2 Å². The van der Waals surface area contributed by atoms with Crippen LogP contribution in [0.3, 0.4) is 0 Å². The van der Waals surface area contributed by atoms with E-state index in [0.29, 0.717) is 13.1 Å². The lowest BCUT2D eigenvalue weighted by Crippen LogP contribution is -2.31. The minimum absolute atomic E-state index is 0.0648. The van der Waals surface area contributed by atoms with Crippen molar-refractivity contribution in [3.05, 3.63) is 25.4 Å². The molecule has 20 heavy (non-hydrogen) atoms. The molecule has 0 aliphatic carbocycles. The summed E-state index contributed by atoms with van der Waals surface area (Å²) in [7, 11) is -2.09. The Balaban J connectivity index is 2.35. The van der Waals surface area contributed by atoms with Crippen LogP contribution in [0.1, 0.15) is 11.8 Å². The molecule has 0 N–H and O–H groups in total. The molecule has 0 unspecified atom stereocenters. The second-order valence-electron chi connectivity index (χ2n) is 3.95. The molecule has 2 rings (SSSR count). The number of hydrogen-bond donors (Lipinski definition) is 0. The number of thiophene rings is 1. The van der Waals surface area contributed by atoms with E-state index in [-0.39, 0.29) is 9.63 Å². The predicted octanol–water partition coefficient (Wildman–Crippen LogP) is 2.61. The Hall–Kier alpha value is -0.290. The fourth-order valence-electron chi connectivity index (χ4n) is 1.70. The minimum atomic E-state index is -3.64. The molecule has 6 nitrogen and oxygen atoms in total. The number of nitrogens with zero attached hydrogens (tertiary/aromatic N) is 4. The molecule has 0 aromatic carbocycles. The average molecular weight is 444 g/mol. The van der Waals surface area contributed by atoms with E-state index >= 15 is 0 Å². The molecule has 2 aromatic heterocycles. The quantitative estimate of drug-likeness (QED) is 0.712.